The summed E-state index contributed by atoms with van der Waals surface area (Å²) in [5, 5.41) is 16.3. The van der Waals surface area contributed by atoms with Gasteiger partial charge in [0.05, 0.1) is 0 Å². The highest BCUT2D eigenvalue weighted by molar-refractivity contribution is 5.74. The van der Waals surface area contributed by atoms with Crippen molar-refractivity contribution in [2.45, 2.75) is 18.9 Å². The van der Waals surface area contributed by atoms with Gasteiger partial charge in [-0.05, 0) is 6.42 Å². The zero-order chi connectivity index (χ0) is 16.9. The molecule has 8 N–H and O–H groups in total. The SMILES string of the molecule is N[C@@H](CCC(=O)O)C(=O)O.O=c1[nH]c(=O)c2[nH]c(=O)[nH]c2[nH]1. The predicted octanol–water partition coefficient (Wildman–Crippen LogP) is -2.50. The molecule has 0 aliphatic carbocycles. The Morgan fingerprint density at radius 3 is 2.05 bits per heavy atom. The van der Waals surface area contributed by atoms with Gasteiger partial charge in [0.25, 0.3) is 5.56 Å². The number of imidazole rings is 1. The van der Waals surface area contributed by atoms with E-state index in [-0.39, 0.29) is 24.0 Å². The highest BCUT2D eigenvalue weighted by atomic mass is 16.4. The molecule has 0 amide bonds. The monoisotopic (exact) mass is 315 g/mol. The molecule has 12 nitrogen and oxygen atoms in total. The lowest BCUT2D eigenvalue weighted by atomic mass is 10.2. The number of aromatic amines is 4. The van der Waals surface area contributed by atoms with E-state index in [4.69, 9.17) is 15.9 Å². The summed E-state index contributed by atoms with van der Waals surface area (Å²) < 4.78 is 0. The van der Waals surface area contributed by atoms with Gasteiger partial charge in [0.1, 0.15) is 17.2 Å². The van der Waals surface area contributed by atoms with Gasteiger partial charge < -0.3 is 15.9 Å². The molecule has 22 heavy (non-hydrogen) atoms. The smallest absolute Gasteiger partial charge is 0.327 e. The molecular weight excluding hydrogens is 302 g/mol. The van der Waals surface area contributed by atoms with Gasteiger partial charge in [-0.1, -0.05) is 0 Å². The maximum absolute atomic E-state index is 10.9. The Kier molecular flexibility index (Phi) is 5.40. The second-order valence-electron chi connectivity index (χ2n) is 4.11. The van der Waals surface area contributed by atoms with Crippen LogP contribution in [-0.2, 0) is 9.59 Å². The summed E-state index contributed by atoms with van der Waals surface area (Å²) in [6.07, 6.45) is -0.224. The van der Waals surface area contributed by atoms with Gasteiger partial charge in [-0.2, -0.15) is 0 Å². The maximum atomic E-state index is 10.9. The summed E-state index contributed by atoms with van der Waals surface area (Å²) in [5.74, 6) is -2.20. The Balaban J connectivity index is 0.000000225. The number of hydrogen-bond donors (Lipinski definition) is 7. The molecule has 2 aromatic heterocycles. The number of aromatic nitrogens is 4. The first-order valence-corrected chi connectivity index (χ1v) is 5.85. The third-order valence-corrected chi connectivity index (χ3v) is 2.41. The number of nitrogens with one attached hydrogen (secondary N) is 4. The van der Waals surface area contributed by atoms with Gasteiger partial charge in [-0.15, -0.1) is 0 Å². The van der Waals surface area contributed by atoms with Crippen LogP contribution in [0.1, 0.15) is 12.8 Å². The van der Waals surface area contributed by atoms with Crippen LogP contribution in [-0.4, -0.2) is 48.1 Å². The summed E-state index contributed by atoms with van der Waals surface area (Å²) in [6, 6.07) is -1.06. The molecule has 0 bridgehead atoms. The van der Waals surface area contributed by atoms with Crippen LogP contribution in [0.25, 0.3) is 11.2 Å². The molecule has 0 aliphatic rings. The molecule has 0 unspecified atom stereocenters. The minimum Gasteiger partial charge on any atom is -0.481 e. The van der Waals surface area contributed by atoms with E-state index in [2.05, 4.69) is 15.0 Å². The number of aliphatic carboxylic acids is 2. The van der Waals surface area contributed by atoms with E-state index in [9.17, 15) is 24.0 Å². The van der Waals surface area contributed by atoms with E-state index < -0.39 is 34.9 Å². The van der Waals surface area contributed by atoms with Crippen molar-refractivity contribution in [3.63, 3.8) is 0 Å². The van der Waals surface area contributed by atoms with E-state index in [1.54, 1.807) is 0 Å². The fourth-order valence-electron chi connectivity index (χ4n) is 1.36. The maximum Gasteiger partial charge on any atom is 0.327 e. The number of hydrogen-bond acceptors (Lipinski definition) is 6. The zero-order valence-corrected chi connectivity index (χ0v) is 11.0. The van der Waals surface area contributed by atoms with Crippen LogP contribution in [0.5, 0.6) is 0 Å². The van der Waals surface area contributed by atoms with Crippen LogP contribution in [0.3, 0.4) is 0 Å². The van der Waals surface area contributed by atoms with E-state index in [0.29, 0.717) is 0 Å². The molecule has 2 heterocycles. The number of carboxylic acid groups (broad SMARTS) is 2. The second-order valence-corrected chi connectivity index (χ2v) is 4.11. The number of rotatable bonds is 4. The van der Waals surface area contributed by atoms with Gasteiger partial charge in [0.15, 0.2) is 0 Å². The molecule has 2 rings (SSSR count). The van der Waals surface area contributed by atoms with Crippen LogP contribution in [0.2, 0.25) is 0 Å². The topological polar surface area (TPSA) is 215 Å². The fourth-order valence-corrected chi connectivity index (χ4v) is 1.36. The molecule has 2 aromatic rings. The number of carbonyl (C=O) groups is 2. The Morgan fingerprint density at radius 1 is 1.00 bits per heavy atom. The third kappa shape index (κ3) is 4.75. The highest BCUT2D eigenvalue weighted by Gasteiger charge is 2.12. The van der Waals surface area contributed by atoms with Crippen LogP contribution in [0.15, 0.2) is 14.4 Å². The second kappa shape index (κ2) is 7.03. The molecular formula is C10H13N5O7. The molecule has 0 saturated heterocycles. The first-order chi connectivity index (χ1) is 10.2. The number of carboxylic acids is 2. The summed E-state index contributed by atoms with van der Waals surface area (Å²) in [4.78, 5) is 60.9. The largest absolute Gasteiger partial charge is 0.481 e. The van der Waals surface area contributed by atoms with Gasteiger partial charge in [0, 0.05) is 6.42 Å². The summed E-state index contributed by atoms with van der Waals surface area (Å²) in [5.41, 5.74) is 3.35. The minimum atomic E-state index is -1.17. The number of nitrogens with two attached hydrogens (primary N) is 1. The van der Waals surface area contributed by atoms with Gasteiger partial charge in [-0.25, -0.2) is 9.59 Å². The molecule has 0 fully saturated rings. The van der Waals surface area contributed by atoms with Crippen LogP contribution in [0, 0.1) is 0 Å². The van der Waals surface area contributed by atoms with Crippen molar-refractivity contribution in [1.29, 1.82) is 0 Å². The van der Waals surface area contributed by atoms with Crippen molar-refractivity contribution in [2.75, 3.05) is 0 Å². The summed E-state index contributed by atoms with van der Waals surface area (Å²) >= 11 is 0. The van der Waals surface area contributed by atoms with Crippen molar-refractivity contribution in [3.8, 4) is 0 Å². The Labute approximate surface area is 120 Å². The van der Waals surface area contributed by atoms with Gasteiger partial charge in [0.2, 0.25) is 0 Å². The van der Waals surface area contributed by atoms with E-state index >= 15 is 0 Å². The lowest BCUT2D eigenvalue weighted by molar-refractivity contribution is -0.139. The van der Waals surface area contributed by atoms with Gasteiger partial charge >= 0.3 is 23.3 Å². The molecule has 0 saturated carbocycles. The lowest BCUT2D eigenvalue weighted by Crippen LogP contribution is -2.30. The van der Waals surface area contributed by atoms with Crippen LogP contribution < -0.4 is 22.7 Å². The summed E-state index contributed by atoms with van der Waals surface area (Å²) in [7, 11) is 0. The van der Waals surface area contributed by atoms with E-state index in [1.807, 2.05) is 4.98 Å². The summed E-state index contributed by atoms with van der Waals surface area (Å²) in [6.45, 7) is 0. The van der Waals surface area contributed by atoms with Crippen LogP contribution in [0.4, 0.5) is 0 Å². The normalized spacial score (nSPS) is 11.5. The van der Waals surface area contributed by atoms with Crippen molar-refractivity contribution >= 4 is 23.1 Å². The lowest BCUT2D eigenvalue weighted by Gasteiger charge is -2.01. The highest BCUT2D eigenvalue weighted by Crippen LogP contribution is 1.93. The quantitative estimate of drug-likeness (QED) is 0.319. The Hall–Kier alpha value is -3.15. The average Bonchev–Trinajstić information content (AvgIpc) is 2.77. The first-order valence-electron chi connectivity index (χ1n) is 5.85. The number of fused-ring (bicyclic) bond motifs is 1. The molecule has 0 spiro atoms. The van der Waals surface area contributed by atoms with Gasteiger partial charge in [-0.3, -0.25) is 34.3 Å². The molecule has 0 aliphatic heterocycles. The fraction of sp³-hybridized carbons (Fsp3) is 0.300. The molecule has 120 valence electrons. The average molecular weight is 315 g/mol. The van der Waals surface area contributed by atoms with Crippen molar-refractivity contribution in [2.24, 2.45) is 5.73 Å². The Bertz CT molecular complexity index is 841. The third-order valence-electron chi connectivity index (χ3n) is 2.41. The minimum absolute atomic E-state index is 0.0231. The predicted molar refractivity (Wildman–Crippen MR) is 72.6 cm³/mol. The van der Waals surface area contributed by atoms with Crippen molar-refractivity contribution in [3.05, 3.63) is 31.3 Å². The molecule has 12 heteroatoms. The zero-order valence-electron chi connectivity index (χ0n) is 11.0. The van der Waals surface area contributed by atoms with Crippen LogP contribution >= 0.6 is 0 Å². The standard InChI is InChI=1S/C5H4N4O3.C5H9NO4/c10-3-1-2(7-4(11)6-1)8-5(12)9-3;6-3(5(9)10)1-2-4(7)8/h(H4,6,7,8,9,10,11,12);3H,1-2,6H2,(H,7,8)(H,9,10)/t;3-/m.0/s1. The van der Waals surface area contributed by atoms with E-state index in [0.717, 1.165) is 0 Å². The first kappa shape index (κ1) is 16.9. The van der Waals surface area contributed by atoms with Crippen molar-refractivity contribution in [1.82, 2.24) is 19.9 Å². The molecule has 1 atom stereocenters. The number of H-pyrrole nitrogens is 4. The Morgan fingerprint density at radius 2 is 1.55 bits per heavy atom. The molecule has 0 aromatic carbocycles. The molecule has 0 radical (unpaired) electrons. The van der Waals surface area contributed by atoms with Crippen molar-refractivity contribution < 1.29 is 19.8 Å². The van der Waals surface area contributed by atoms with E-state index in [1.165, 1.54) is 0 Å².